The van der Waals surface area contributed by atoms with Crippen LogP contribution in [0.25, 0.3) is 0 Å². The molecule has 3 fully saturated rings. The molecule has 28 heavy (non-hydrogen) atoms. The Morgan fingerprint density at radius 1 is 1.07 bits per heavy atom. The quantitative estimate of drug-likeness (QED) is 0.863. The van der Waals surface area contributed by atoms with Crippen LogP contribution in [0.4, 0.5) is 4.39 Å². The lowest BCUT2D eigenvalue weighted by atomic mass is 9.85. The molecule has 1 aromatic carbocycles. The molecule has 3 heterocycles. The van der Waals surface area contributed by atoms with Gasteiger partial charge >= 0.3 is 0 Å². The van der Waals surface area contributed by atoms with Crippen molar-refractivity contribution in [2.24, 2.45) is 0 Å². The predicted octanol–water partition coefficient (Wildman–Crippen LogP) is 2.82. The van der Waals surface area contributed by atoms with Crippen LogP contribution in [0, 0.1) is 5.82 Å². The second kappa shape index (κ2) is 6.78. The Kier molecular flexibility index (Phi) is 4.36. The smallest absolute Gasteiger partial charge is 0.266 e. The first-order valence-corrected chi connectivity index (χ1v) is 10.3. The minimum Gasteiger partial charge on any atom is -0.388 e. The number of fused-ring (bicyclic) bond motifs is 2. The molecular formula is C22H26FN3O2. The SMILES string of the molecule is O=c1ccc(C2CC2)nn1CC1(O)C[C@H]2CC[C@@H](C1)N2Cc1ccccc1F. The van der Waals surface area contributed by atoms with E-state index in [0.717, 1.165) is 31.4 Å². The van der Waals surface area contributed by atoms with E-state index in [1.807, 2.05) is 18.2 Å². The standard InChI is InChI=1S/C22H26FN3O2/c23-19-4-2-1-3-16(19)13-25-17-7-8-18(25)12-22(28,11-17)14-26-21(27)10-9-20(24-26)15-5-6-15/h1-4,9-10,15,17-18,28H,5-8,11-14H2/t17-,18+,22?. The van der Waals surface area contributed by atoms with Crippen LogP contribution >= 0.6 is 0 Å². The number of benzene rings is 1. The molecule has 0 amide bonds. The third kappa shape index (κ3) is 3.40. The summed E-state index contributed by atoms with van der Waals surface area (Å²) in [5, 5.41) is 15.8. The molecule has 2 aliphatic heterocycles. The van der Waals surface area contributed by atoms with Crippen LogP contribution < -0.4 is 5.56 Å². The van der Waals surface area contributed by atoms with E-state index in [-0.39, 0.29) is 30.0 Å². The zero-order chi connectivity index (χ0) is 19.3. The second-order valence-corrected chi connectivity index (χ2v) is 8.81. The minimum absolute atomic E-state index is 0.154. The van der Waals surface area contributed by atoms with Crippen molar-refractivity contribution in [3.63, 3.8) is 0 Å². The molecule has 5 nitrogen and oxygen atoms in total. The maximum atomic E-state index is 14.1. The number of aromatic nitrogens is 2. The van der Waals surface area contributed by atoms with Crippen LogP contribution in [-0.4, -0.2) is 37.5 Å². The van der Waals surface area contributed by atoms with Crippen molar-refractivity contribution >= 4 is 0 Å². The number of nitrogens with zero attached hydrogens (tertiary/aromatic N) is 3. The van der Waals surface area contributed by atoms with Gasteiger partial charge < -0.3 is 5.11 Å². The molecule has 0 radical (unpaired) electrons. The minimum atomic E-state index is -0.934. The van der Waals surface area contributed by atoms with Crippen molar-refractivity contribution in [1.29, 1.82) is 0 Å². The van der Waals surface area contributed by atoms with Crippen molar-refractivity contribution in [1.82, 2.24) is 14.7 Å². The summed E-state index contributed by atoms with van der Waals surface area (Å²) in [4.78, 5) is 14.6. The van der Waals surface area contributed by atoms with E-state index >= 15 is 0 Å². The van der Waals surface area contributed by atoms with Crippen molar-refractivity contribution < 1.29 is 9.50 Å². The average molecular weight is 383 g/mol. The summed E-state index contributed by atoms with van der Waals surface area (Å²) < 4.78 is 15.5. The molecule has 2 saturated heterocycles. The van der Waals surface area contributed by atoms with Gasteiger partial charge in [-0.2, -0.15) is 5.10 Å². The van der Waals surface area contributed by atoms with Crippen LogP contribution in [0.1, 0.15) is 55.7 Å². The van der Waals surface area contributed by atoms with Gasteiger partial charge in [-0.1, -0.05) is 18.2 Å². The summed E-state index contributed by atoms with van der Waals surface area (Å²) in [6.07, 6.45) is 5.46. The number of hydrogen-bond acceptors (Lipinski definition) is 4. The van der Waals surface area contributed by atoms with E-state index in [4.69, 9.17) is 0 Å². The first-order valence-electron chi connectivity index (χ1n) is 10.3. The van der Waals surface area contributed by atoms with Crippen molar-refractivity contribution in [3.05, 3.63) is 63.8 Å². The maximum Gasteiger partial charge on any atom is 0.266 e. The topological polar surface area (TPSA) is 58.4 Å². The lowest BCUT2D eigenvalue weighted by Crippen LogP contribution is -2.53. The van der Waals surface area contributed by atoms with E-state index in [2.05, 4.69) is 10.00 Å². The van der Waals surface area contributed by atoms with E-state index < -0.39 is 5.60 Å². The molecule has 1 N–H and O–H groups in total. The normalized spacial score (nSPS) is 29.9. The first-order chi connectivity index (χ1) is 13.5. The van der Waals surface area contributed by atoms with Crippen molar-refractivity contribution in [3.8, 4) is 0 Å². The van der Waals surface area contributed by atoms with Crippen LogP contribution in [0.3, 0.4) is 0 Å². The first kappa shape index (κ1) is 18.0. The Labute approximate surface area is 163 Å². The Morgan fingerprint density at radius 2 is 1.79 bits per heavy atom. The summed E-state index contributed by atoms with van der Waals surface area (Å²) in [6, 6.07) is 10.7. The monoisotopic (exact) mass is 383 g/mol. The molecule has 1 aliphatic carbocycles. The van der Waals surface area contributed by atoms with Gasteiger partial charge in [0.25, 0.3) is 5.56 Å². The molecule has 3 atom stereocenters. The molecule has 1 saturated carbocycles. The maximum absolute atomic E-state index is 14.1. The van der Waals surface area contributed by atoms with E-state index in [0.29, 0.717) is 30.9 Å². The molecule has 1 unspecified atom stereocenters. The van der Waals surface area contributed by atoms with Gasteiger partial charge in [0.05, 0.1) is 17.8 Å². The fraction of sp³-hybridized carbons (Fsp3) is 0.545. The molecule has 0 spiro atoms. The summed E-state index contributed by atoms with van der Waals surface area (Å²) in [5.41, 5.74) is 0.582. The third-order valence-electron chi connectivity index (χ3n) is 6.64. The van der Waals surface area contributed by atoms with Crippen LogP contribution in [0.2, 0.25) is 0 Å². The van der Waals surface area contributed by atoms with Gasteiger partial charge in [-0.3, -0.25) is 9.69 Å². The number of piperidine rings is 1. The molecule has 5 rings (SSSR count). The molecule has 2 bridgehead atoms. The van der Waals surface area contributed by atoms with E-state index in [1.165, 1.54) is 10.7 Å². The second-order valence-electron chi connectivity index (χ2n) is 8.81. The zero-order valence-electron chi connectivity index (χ0n) is 15.9. The Balaban J connectivity index is 1.33. The molecule has 148 valence electrons. The molecule has 2 aromatic rings. The molecule has 6 heteroatoms. The highest BCUT2D eigenvalue weighted by atomic mass is 19.1. The highest BCUT2D eigenvalue weighted by Gasteiger charge is 2.48. The van der Waals surface area contributed by atoms with Crippen molar-refractivity contribution in [2.45, 2.75) is 75.2 Å². The highest BCUT2D eigenvalue weighted by molar-refractivity contribution is 5.18. The lowest BCUT2D eigenvalue weighted by Gasteiger charge is -2.43. The molecule has 3 aliphatic rings. The van der Waals surface area contributed by atoms with Crippen LogP contribution in [0.5, 0.6) is 0 Å². The fourth-order valence-corrected chi connectivity index (χ4v) is 5.08. The van der Waals surface area contributed by atoms with Gasteiger partial charge in [0, 0.05) is 36.2 Å². The van der Waals surface area contributed by atoms with Gasteiger partial charge in [0.15, 0.2) is 0 Å². The number of aliphatic hydroxyl groups is 1. The van der Waals surface area contributed by atoms with E-state index in [9.17, 15) is 14.3 Å². The Bertz CT molecular complexity index is 925. The zero-order valence-corrected chi connectivity index (χ0v) is 15.9. The summed E-state index contributed by atoms with van der Waals surface area (Å²) in [7, 11) is 0. The fourth-order valence-electron chi connectivity index (χ4n) is 5.08. The van der Waals surface area contributed by atoms with Gasteiger partial charge in [0.2, 0.25) is 0 Å². The summed E-state index contributed by atoms with van der Waals surface area (Å²) >= 11 is 0. The van der Waals surface area contributed by atoms with Crippen LogP contribution in [0.15, 0.2) is 41.2 Å². The van der Waals surface area contributed by atoms with Crippen molar-refractivity contribution in [2.75, 3.05) is 0 Å². The molecular weight excluding hydrogens is 357 g/mol. The van der Waals surface area contributed by atoms with Crippen LogP contribution in [-0.2, 0) is 13.1 Å². The summed E-state index contributed by atoms with van der Waals surface area (Å²) in [6.45, 7) is 0.820. The largest absolute Gasteiger partial charge is 0.388 e. The van der Waals surface area contributed by atoms with Gasteiger partial charge in [-0.15, -0.1) is 0 Å². The number of rotatable bonds is 5. The Hall–Kier alpha value is -2.05. The number of halogens is 1. The predicted molar refractivity (Wildman–Crippen MR) is 103 cm³/mol. The van der Waals surface area contributed by atoms with E-state index in [1.54, 1.807) is 12.1 Å². The summed E-state index contributed by atoms with van der Waals surface area (Å²) in [5.74, 6) is 0.302. The van der Waals surface area contributed by atoms with Gasteiger partial charge in [-0.25, -0.2) is 9.07 Å². The lowest BCUT2D eigenvalue weighted by molar-refractivity contribution is -0.0679. The number of hydrogen-bond donors (Lipinski definition) is 1. The average Bonchev–Trinajstić information content (AvgIpc) is 3.47. The van der Waals surface area contributed by atoms with Gasteiger partial charge in [0.1, 0.15) is 5.82 Å². The van der Waals surface area contributed by atoms with Gasteiger partial charge in [-0.05, 0) is 50.7 Å². The Morgan fingerprint density at radius 3 is 2.46 bits per heavy atom. The highest BCUT2D eigenvalue weighted by Crippen LogP contribution is 2.42. The molecule has 1 aromatic heterocycles. The third-order valence-corrected chi connectivity index (χ3v) is 6.64.